The highest BCUT2D eigenvalue weighted by Gasteiger charge is 2.27. The van der Waals surface area contributed by atoms with E-state index in [9.17, 15) is 8.42 Å². The Bertz CT molecular complexity index is 268. The van der Waals surface area contributed by atoms with Crippen molar-refractivity contribution in [1.29, 1.82) is 0 Å². The van der Waals surface area contributed by atoms with E-state index in [4.69, 9.17) is 5.11 Å². The maximum absolute atomic E-state index is 11.3. The number of hydrogen-bond donors (Lipinski definition) is 2. The van der Waals surface area contributed by atoms with Crippen molar-refractivity contribution < 1.29 is 13.5 Å². The monoisotopic (exact) mass is 285 g/mol. The first-order valence-corrected chi connectivity index (χ1v) is 7.53. The molecular weight excluding hydrogens is 270 g/mol. The van der Waals surface area contributed by atoms with Gasteiger partial charge in [0.2, 0.25) is 10.0 Å². The van der Waals surface area contributed by atoms with Gasteiger partial charge in [-0.25, -0.2) is 13.1 Å². The van der Waals surface area contributed by atoms with Crippen molar-refractivity contribution in [2.45, 2.75) is 31.7 Å². The third-order valence-electron chi connectivity index (χ3n) is 2.62. The van der Waals surface area contributed by atoms with Crippen molar-refractivity contribution in [2.24, 2.45) is 5.92 Å². The van der Waals surface area contributed by atoms with Gasteiger partial charge in [0.1, 0.15) is 4.66 Å². The van der Waals surface area contributed by atoms with Crippen LogP contribution in [0, 0.1) is 5.92 Å². The van der Waals surface area contributed by atoms with Crippen molar-refractivity contribution >= 4 is 26.0 Å². The first-order valence-electron chi connectivity index (χ1n) is 4.76. The Balaban J connectivity index is 2.57. The van der Waals surface area contributed by atoms with Gasteiger partial charge in [-0.2, -0.15) is 0 Å². The zero-order chi connectivity index (χ0) is 10.6. The smallest absolute Gasteiger partial charge is 0.221 e. The second-order valence-electron chi connectivity index (χ2n) is 3.68. The first kappa shape index (κ1) is 12.4. The quantitative estimate of drug-likeness (QED) is 0.752. The van der Waals surface area contributed by atoms with Gasteiger partial charge >= 0.3 is 0 Å². The van der Waals surface area contributed by atoms with Crippen LogP contribution in [0.25, 0.3) is 0 Å². The van der Waals surface area contributed by atoms with Crippen molar-refractivity contribution in [2.75, 3.05) is 11.3 Å². The summed E-state index contributed by atoms with van der Waals surface area (Å²) in [4.78, 5) is 0. The minimum atomic E-state index is -3.21. The maximum atomic E-state index is 11.3. The molecule has 0 saturated heterocycles. The molecule has 0 spiro atoms. The van der Waals surface area contributed by atoms with Gasteiger partial charge in [-0.15, -0.1) is 0 Å². The molecule has 2 atom stereocenters. The summed E-state index contributed by atoms with van der Waals surface area (Å²) in [5.41, 5.74) is 0. The lowest BCUT2D eigenvalue weighted by molar-refractivity contribution is 0.164. The molecule has 1 rings (SSSR count). The van der Waals surface area contributed by atoms with E-state index in [1.807, 2.05) is 0 Å². The normalized spacial score (nSPS) is 29.0. The fraction of sp³-hybridized carbons (Fsp3) is 1.00. The summed E-state index contributed by atoms with van der Waals surface area (Å²) in [6, 6.07) is -0.0868. The molecule has 0 aromatic heterocycles. The molecule has 0 aromatic carbocycles. The van der Waals surface area contributed by atoms with Crippen LogP contribution in [0.3, 0.4) is 0 Å². The first-order chi connectivity index (χ1) is 6.59. The molecule has 14 heavy (non-hydrogen) atoms. The summed E-state index contributed by atoms with van der Waals surface area (Å²) in [6.07, 6.45) is 3.85. The number of nitrogens with one attached hydrogen (secondary N) is 1. The van der Waals surface area contributed by atoms with Crippen LogP contribution < -0.4 is 4.72 Å². The lowest BCUT2D eigenvalue weighted by atomic mass is 9.86. The van der Waals surface area contributed by atoms with Crippen LogP contribution >= 0.6 is 15.9 Å². The van der Waals surface area contributed by atoms with Gasteiger partial charge < -0.3 is 5.11 Å². The molecule has 2 unspecified atom stereocenters. The molecule has 1 aliphatic rings. The van der Waals surface area contributed by atoms with Crippen molar-refractivity contribution in [3.05, 3.63) is 0 Å². The third-order valence-corrected chi connectivity index (χ3v) is 5.38. The van der Waals surface area contributed by atoms with Crippen molar-refractivity contribution in [3.63, 3.8) is 0 Å². The third kappa shape index (κ3) is 3.49. The number of rotatable bonds is 4. The summed E-state index contributed by atoms with van der Waals surface area (Å²) < 4.78 is 25.1. The number of alkyl halides is 1. The molecule has 4 nitrogen and oxygen atoms in total. The molecule has 6 heteroatoms. The lowest BCUT2D eigenvalue weighted by Crippen LogP contribution is -2.43. The van der Waals surface area contributed by atoms with Gasteiger partial charge in [0.05, 0.1) is 0 Å². The Kier molecular flexibility index (Phi) is 4.82. The average molecular weight is 286 g/mol. The molecule has 0 aromatic rings. The van der Waals surface area contributed by atoms with E-state index in [1.54, 1.807) is 0 Å². The van der Waals surface area contributed by atoms with Gasteiger partial charge in [-0.05, 0) is 18.8 Å². The van der Waals surface area contributed by atoms with Crippen LogP contribution in [-0.2, 0) is 10.0 Å². The summed E-state index contributed by atoms with van der Waals surface area (Å²) in [6.45, 7) is 0.0650. The van der Waals surface area contributed by atoms with Crippen molar-refractivity contribution in [1.82, 2.24) is 4.72 Å². The molecular formula is C8H16BrNO3S. The van der Waals surface area contributed by atoms with Crippen LogP contribution in [0.4, 0.5) is 0 Å². The highest BCUT2D eigenvalue weighted by molar-refractivity contribution is 9.10. The SMILES string of the molecule is O=S(=O)(CBr)NC1CCCCC1CO. The Morgan fingerprint density at radius 2 is 2.00 bits per heavy atom. The largest absolute Gasteiger partial charge is 0.396 e. The Labute approximate surface area is 93.3 Å². The number of aliphatic hydroxyl groups is 1. The molecule has 0 heterocycles. The molecule has 2 N–H and O–H groups in total. The zero-order valence-corrected chi connectivity index (χ0v) is 10.3. The fourth-order valence-corrected chi connectivity index (χ4v) is 3.07. The van der Waals surface area contributed by atoms with Gasteiger partial charge in [0, 0.05) is 12.6 Å². The van der Waals surface area contributed by atoms with E-state index in [0.29, 0.717) is 0 Å². The Morgan fingerprint density at radius 3 is 2.57 bits per heavy atom. The van der Waals surface area contributed by atoms with E-state index in [2.05, 4.69) is 20.7 Å². The molecule has 1 fully saturated rings. The van der Waals surface area contributed by atoms with Crippen LogP contribution in [0.2, 0.25) is 0 Å². The molecule has 0 radical (unpaired) electrons. The van der Waals surface area contributed by atoms with Gasteiger partial charge in [-0.1, -0.05) is 28.8 Å². The molecule has 0 amide bonds. The van der Waals surface area contributed by atoms with Crippen LogP contribution in [0.1, 0.15) is 25.7 Å². The van der Waals surface area contributed by atoms with Crippen LogP contribution in [-0.4, -0.2) is 30.8 Å². The van der Waals surface area contributed by atoms with E-state index >= 15 is 0 Å². The molecule has 84 valence electrons. The fourth-order valence-electron chi connectivity index (χ4n) is 1.84. The van der Waals surface area contributed by atoms with E-state index in [0.717, 1.165) is 25.7 Å². The summed E-state index contributed by atoms with van der Waals surface area (Å²) in [5, 5.41) is 9.08. The predicted octanol–water partition coefficient (Wildman–Crippen LogP) is 0.809. The van der Waals surface area contributed by atoms with Gasteiger partial charge in [0.25, 0.3) is 0 Å². The number of hydrogen-bond acceptors (Lipinski definition) is 3. The summed E-state index contributed by atoms with van der Waals surface area (Å²) in [5.74, 6) is 0.0811. The number of sulfonamides is 1. The average Bonchev–Trinajstić information content (AvgIpc) is 2.18. The van der Waals surface area contributed by atoms with Crippen LogP contribution in [0.15, 0.2) is 0 Å². The van der Waals surface area contributed by atoms with E-state index in [-0.39, 0.29) is 23.2 Å². The van der Waals surface area contributed by atoms with E-state index < -0.39 is 10.0 Å². The second kappa shape index (κ2) is 5.44. The van der Waals surface area contributed by atoms with Gasteiger partial charge in [0.15, 0.2) is 0 Å². The number of aliphatic hydroxyl groups excluding tert-OH is 1. The van der Waals surface area contributed by atoms with Crippen molar-refractivity contribution in [3.8, 4) is 0 Å². The maximum Gasteiger partial charge on any atom is 0.221 e. The Morgan fingerprint density at radius 1 is 1.36 bits per heavy atom. The van der Waals surface area contributed by atoms with Gasteiger partial charge in [-0.3, -0.25) is 0 Å². The standard InChI is InChI=1S/C8H16BrNO3S/c9-6-14(12,13)10-8-4-2-1-3-7(8)5-11/h7-8,10-11H,1-6H2. The lowest BCUT2D eigenvalue weighted by Gasteiger charge is -2.30. The van der Waals surface area contributed by atoms with E-state index in [1.165, 1.54) is 0 Å². The minimum absolute atomic E-state index is 0.0650. The summed E-state index contributed by atoms with van der Waals surface area (Å²) in [7, 11) is -3.21. The molecule has 0 bridgehead atoms. The minimum Gasteiger partial charge on any atom is -0.396 e. The molecule has 1 saturated carbocycles. The Hall–Kier alpha value is 0.350. The highest BCUT2D eigenvalue weighted by atomic mass is 79.9. The highest BCUT2D eigenvalue weighted by Crippen LogP contribution is 2.24. The zero-order valence-electron chi connectivity index (χ0n) is 7.95. The topological polar surface area (TPSA) is 66.4 Å². The molecule has 0 aliphatic heterocycles. The summed E-state index contributed by atoms with van der Waals surface area (Å²) >= 11 is 2.93. The predicted molar refractivity (Wildman–Crippen MR) is 58.7 cm³/mol. The van der Waals surface area contributed by atoms with Crippen LogP contribution in [0.5, 0.6) is 0 Å². The molecule has 1 aliphatic carbocycles. The second-order valence-corrected chi connectivity index (χ2v) is 6.73. The number of halogens is 1.